The van der Waals surface area contributed by atoms with E-state index in [1.54, 1.807) is 0 Å². The number of carbonyl (C=O) groups excluding carboxylic acids is 1. The zero-order valence-electron chi connectivity index (χ0n) is 8.52. The van der Waals surface area contributed by atoms with E-state index in [1.165, 1.54) is 6.42 Å². The van der Waals surface area contributed by atoms with Gasteiger partial charge in [-0.25, -0.2) is 0 Å². The van der Waals surface area contributed by atoms with Gasteiger partial charge in [0.25, 0.3) is 0 Å². The van der Waals surface area contributed by atoms with Gasteiger partial charge in [-0.05, 0) is 19.8 Å². The van der Waals surface area contributed by atoms with Gasteiger partial charge in [-0.1, -0.05) is 26.7 Å². The second kappa shape index (κ2) is 7.14. The van der Waals surface area contributed by atoms with Crippen molar-refractivity contribution in [2.45, 2.75) is 46.5 Å². The minimum atomic E-state index is 0.230. The molecule has 0 heterocycles. The number of rotatable bonds is 6. The summed E-state index contributed by atoms with van der Waals surface area (Å²) in [5.74, 6) is 0.471. The third kappa shape index (κ3) is 4.37. The molecule has 0 aliphatic heterocycles. The molecule has 0 spiro atoms. The van der Waals surface area contributed by atoms with E-state index >= 15 is 0 Å². The summed E-state index contributed by atoms with van der Waals surface area (Å²) in [6.45, 7) is 6.95. The van der Waals surface area contributed by atoms with Crippen molar-refractivity contribution in [1.29, 1.82) is 0 Å². The second-order valence-electron chi connectivity index (χ2n) is 3.14. The van der Waals surface area contributed by atoms with Crippen molar-refractivity contribution in [1.82, 2.24) is 5.32 Å². The maximum Gasteiger partial charge on any atom is 0.223 e. The zero-order chi connectivity index (χ0) is 9.40. The summed E-state index contributed by atoms with van der Waals surface area (Å²) in [6, 6.07) is 0. The molecule has 0 aliphatic rings. The van der Waals surface area contributed by atoms with Crippen LogP contribution >= 0.6 is 0 Å². The Morgan fingerprint density at radius 2 is 2.00 bits per heavy atom. The van der Waals surface area contributed by atoms with Gasteiger partial charge in [-0.3, -0.25) is 4.79 Å². The molecular weight excluding hydrogens is 150 g/mol. The van der Waals surface area contributed by atoms with Gasteiger partial charge < -0.3 is 5.32 Å². The molecule has 0 unspecified atom stereocenters. The van der Waals surface area contributed by atoms with Crippen LogP contribution in [0.3, 0.4) is 0 Å². The van der Waals surface area contributed by atoms with Crippen molar-refractivity contribution < 1.29 is 4.79 Å². The van der Waals surface area contributed by atoms with Crippen molar-refractivity contribution in [2.24, 2.45) is 5.92 Å². The summed E-state index contributed by atoms with van der Waals surface area (Å²) >= 11 is 0. The van der Waals surface area contributed by atoms with Gasteiger partial charge in [-0.15, -0.1) is 0 Å². The van der Waals surface area contributed by atoms with Crippen LogP contribution in [0.15, 0.2) is 0 Å². The number of unbranched alkanes of at least 4 members (excludes halogenated alkanes) is 1. The Bertz CT molecular complexity index is 123. The van der Waals surface area contributed by atoms with E-state index in [0.29, 0.717) is 0 Å². The van der Waals surface area contributed by atoms with Crippen LogP contribution in [-0.2, 0) is 4.79 Å². The molecule has 0 fully saturated rings. The zero-order valence-corrected chi connectivity index (χ0v) is 8.52. The van der Waals surface area contributed by atoms with E-state index in [-0.39, 0.29) is 11.8 Å². The van der Waals surface area contributed by atoms with Gasteiger partial charge in [0.2, 0.25) is 5.91 Å². The molecule has 0 radical (unpaired) electrons. The van der Waals surface area contributed by atoms with Gasteiger partial charge in [0, 0.05) is 12.5 Å². The lowest BCUT2D eigenvalue weighted by molar-refractivity contribution is -0.125. The number of nitrogens with one attached hydrogen (secondary N) is 1. The fourth-order valence-corrected chi connectivity index (χ4v) is 1.29. The van der Waals surface area contributed by atoms with Gasteiger partial charge in [0.05, 0.1) is 0 Å². The van der Waals surface area contributed by atoms with Crippen molar-refractivity contribution in [2.75, 3.05) is 6.54 Å². The van der Waals surface area contributed by atoms with Crippen LogP contribution in [0.2, 0.25) is 0 Å². The van der Waals surface area contributed by atoms with Crippen LogP contribution in [-0.4, -0.2) is 12.5 Å². The lowest BCUT2D eigenvalue weighted by Gasteiger charge is -2.12. The maximum absolute atomic E-state index is 11.4. The highest BCUT2D eigenvalue weighted by molar-refractivity contribution is 5.78. The quantitative estimate of drug-likeness (QED) is 0.653. The van der Waals surface area contributed by atoms with E-state index in [4.69, 9.17) is 0 Å². The molecule has 0 aliphatic carbocycles. The first kappa shape index (κ1) is 11.5. The van der Waals surface area contributed by atoms with E-state index < -0.39 is 0 Å². The molecule has 72 valence electrons. The summed E-state index contributed by atoms with van der Waals surface area (Å²) in [5.41, 5.74) is 0. The molecule has 2 nitrogen and oxygen atoms in total. The molecule has 1 N–H and O–H groups in total. The third-order valence-corrected chi connectivity index (χ3v) is 2.12. The SMILES string of the molecule is CCCC[C@H](CC)C(=O)NCC. The first-order valence-corrected chi connectivity index (χ1v) is 5.03. The highest BCUT2D eigenvalue weighted by atomic mass is 16.1. The average Bonchev–Trinajstić information content (AvgIpc) is 2.06. The van der Waals surface area contributed by atoms with Gasteiger partial charge in [-0.2, -0.15) is 0 Å². The van der Waals surface area contributed by atoms with Crippen LogP contribution in [0.5, 0.6) is 0 Å². The van der Waals surface area contributed by atoms with E-state index in [2.05, 4.69) is 19.2 Å². The Labute approximate surface area is 75.7 Å². The molecule has 1 atom stereocenters. The number of amides is 1. The lowest BCUT2D eigenvalue weighted by Crippen LogP contribution is -2.30. The second-order valence-corrected chi connectivity index (χ2v) is 3.14. The first-order chi connectivity index (χ1) is 5.76. The van der Waals surface area contributed by atoms with Crippen molar-refractivity contribution in [3.05, 3.63) is 0 Å². The smallest absolute Gasteiger partial charge is 0.223 e. The van der Waals surface area contributed by atoms with Crippen LogP contribution in [0.1, 0.15) is 46.5 Å². The molecule has 0 aromatic rings. The van der Waals surface area contributed by atoms with Crippen molar-refractivity contribution in [3.8, 4) is 0 Å². The summed E-state index contributed by atoms with van der Waals surface area (Å²) in [7, 11) is 0. The van der Waals surface area contributed by atoms with Crippen molar-refractivity contribution >= 4 is 5.91 Å². The standard InChI is InChI=1S/C10H21NO/c1-4-7-8-9(5-2)10(12)11-6-3/h9H,4-8H2,1-3H3,(H,11,12)/t9-/m0/s1. The van der Waals surface area contributed by atoms with E-state index in [9.17, 15) is 4.79 Å². The largest absolute Gasteiger partial charge is 0.356 e. The highest BCUT2D eigenvalue weighted by Gasteiger charge is 2.13. The summed E-state index contributed by atoms with van der Waals surface area (Å²) < 4.78 is 0. The Morgan fingerprint density at radius 1 is 1.33 bits per heavy atom. The van der Waals surface area contributed by atoms with Crippen LogP contribution < -0.4 is 5.32 Å². The summed E-state index contributed by atoms with van der Waals surface area (Å²) in [4.78, 5) is 11.4. The molecule has 0 saturated heterocycles. The molecule has 0 rings (SSSR count). The van der Waals surface area contributed by atoms with E-state index in [0.717, 1.165) is 25.8 Å². The molecule has 0 bridgehead atoms. The van der Waals surface area contributed by atoms with Gasteiger partial charge >= 0.3 is 0 Å². The minimum absolute atomic E-state index is 0.230. The molecule has 1 amide bonds. The normalized spacial score (nSPS) is 12.6. The molecular formula is C10H21NO. The predicted molar refractivity (Wildman–Crippen MR) is 52.0 cm³/mol. The number of hydrogen-bond donors (Lipinski definition) is 1. The Morgan fingerprint density at radius 3 is 2.42 bits per heavy atom. The minimum Gasteiger partial charge on any atom is -0.356 e. The van der Waals surface area contributed by atoms with Gasteiger partial charge in [0.1, 0.15) is 0 Å². The Balaban J connectivity index is 3.71. The highest BCUT2D eigenvalue weighted by Crippen LogP contribution is 2.12. The summed E-state index contributed by atoms with van der Waals surface area (Å²) in [5, 5.41) is 2.87. The molecule has 0 saturated carbocycles. The topological polar surface area (TPSA) is 29.1 Å². The first-order valence-electron chi connectivity index (χ1n) is 5.03. The Hall–Kier alpha value is -0.530. The number of hydrogen-bond acceptors (Lipinski definition) is 1. The summed E-state index contributed by atoms with van der Waals surface area (Å²) in [6.07, 6.45) is 4.34. The third-order valence-electron chi connectivity index (χ3n) is 2.12. The fraction of sp³-hybridized carbons (Fsp3) is 0.900. The molecule has 2 heteroatoms. The monoisotopic (exact) mass is 171 g/mol. The Kier molecular flexibility index (Phi) is 6.82. The van der Waals surface area contributed by atoms with Crippen LogP contribution in [0.25, 0.3) is 0 Å². The maximum atomic E-state index is 11.4. The fourth-order valence-electron chi connectivity index (χ4n) is 1.29. The lowest BCUT2D eigenvalue weighted by atomic mass is 9.98. The van der Waals surface area contributed by atoms with Gasteiger partial charge in [0.15, 0.2) is 0 Å². The van der Waals surface area contributed by atoms with Crippen molar-refractivity contribution in [3.63, 3.8) is 0 Å². The molecule has 12 heavy (non-hydrogen) atoms. The number of carbonyl (C=O) groups is 1. The average molecular weight is 171 g/mol. The predicted octanol–water partition coefficient (Wildman–Crippen LogP) is 2.34. The molecule has 0 aromatic carbocycles. The van der Waals surface area contributed by atoms with E-state index in [1.807, 2.05) is 6.92 Å². The van der Waals surface area contributed by atoms with Crippen LogP contribution in [0.4, 0.5) is 0 Å². The molecule has 0 aromatic heterocycles. The van der Waals surface area contributed by atoms with Crippen LogP contribution in [0, 0.1) is 5.92 Å².